The van der Waals surface area contributed by atoms with Crippen molar-refractivity contribution >= 4 is 0 Å². The first-order chi connectivity index (χ1) is 6.26. The lowest BCUT2D eigenvalue weighted by Gasteiger charge is -2.29. The molecular weight excluding hydrogens is 160 g/mol. The number of nitriles is 1. The van der Waals surface area contributed by atoms with Crippen molar-refractivity contribution in [2.24, 2.45) is 5.92 Å². The second kappa shape index (κ2) is 5.04. The van der Waals surface area contributed by atoms with Gasteiger partial charge in [-0.1, -0.05) is 19.1 Å². The second-order valence-corrected chi connectivity index (χ2v) is 3.78. The lowest BCUT2D eigenvalue weighted by Crippen LogP contribution is -2.34. The van der Waals surface area contributed by atoms with Gasteiger partial charge in [-0.3, -0.25) is 4.90 Å². The van der Waals surface area contributed by atoms with Gasteiger partial charge in [0.05, 0.1) is 6.07 Å². The molecule has 0 amide bonds. The molecular formula is C11H18N2. The number of hydrogen-bond donors (Lipinski definition) is 0. The van der Waals surface area contributed by atoms with Crippen molar-refractivity contribution in [3.63, 3.8) is 0 Å². The molecule has 0 spiro atoms. The van der Waals surface area contributed by atoms with Crippen LogP contribution in [0.3, 0.4) is 0 Å². The fourth-order valence-electron chi connectivity index (χ4n) is 1.65. The zero-order chi connectivity index (χ0) is 9.68. The van der Waals surface area contributed by atoms with Gasteiger partial charge in [0.25, 0.3) is 0 Å². The molecule has 2 nitrogen and oxygen atoms in total. The van der Waals surface area contributed by atoms with Crippen LogP contribution in [0.2, 0.25) is 0 Å². The van der Waals surface area contributed by atoms with Gasteiger partial charge >= 0.3 is 0 Å². The Morgan fingerprint density at radius 2 is 2.15 bits per heavy atom. The minimum absolute atomic E-state index is 0.297. The van der Waals surface area contributed by atoms with E-state index in [1.807, 2.05) is 0 Å². The number of nitrogens with zero attached hydrogens (tertiary/aromatic N) is 2. The van der Waals surface area contributed by atoms with Crippen LogP contribution in [0, 0.1) is 17.2 Å². The summed E-state index contributed by atoms with van der Waals surface area (Å²) in [6.45, 7) is 9.30. The van der Waals surface area contributed by atoms with E-state index in [0.717, 1.165) is 38.9 Å². The largest absolute Gasteiger partial charge is 0.299 e. The van der Waals surface area contributed by atoms with Crippen molar-refractivity contribution in [2.45, 2.75) is 26.2 Å². The highest BCUT2D eigenvalue weighted by molar-refractivity contribution is 4.97. The molecule has 0 atom stereocenters. The standard InChI is InChI=1S/C11H18N2/c1-3-10(2)9-13-6-4-11(8-12)5-7-13/h11H,2-7,9H2,1H3. The lowest BCUT2D eigenvalue weighted by molar-refractivity contribution is 0.220. The first-order valence-corrected chi connectivity index (χ1v) is 5.05. The maximum Gasteiger partial charge on any atom is 0.0656 e. The average molecular weight is 178 g/mol. The summed E-state index contributed by atoms with van der Waals surface area (Å²) in [4.78, 5) is 2.40. The average Bonchev–Trinajstić information content (AvgIpc) is 2.19. The highest BCUT2D eigenvalue weighted by Crippen LogP contribution is 2.16. The highest BCUT2D eigenvalue weighted by atomic mass is 15.1. The molecule has 72 valence electrons. The van der Waals surface area contributed by atoms with Crippen LogP contribution in [0.1, 0.15) is 26.2 Å². The van der Waals surface area contributed by atoms with Crippen molar-refractivity contribution in [1.29, 1.82) is 5.26 Å². The smallest absolute Gasteiger partial charge is 0.0656 e. The number of likely N-dealkylation sites (tertiary alicyclic amines) is 1. The number of rotatable bonds is 3. The Kier molecular flexibility index (Phi) is 3.98. The van der Waals surface area contributed by atoms with Crippen molar-refractivity contribution in [1.82, 2.24) is 4.90 Å². The van der Waals surface area contributed by atoms with Crippen LogP contribution < -0.4 is 0 Å². The fraction of sp³-hybridized carbons (Fsp3) is 0.727. The maximum atomic E-state index is 8.72. The van der Waals surface area contributed by atoms with Gasteiger partial charge in [0, 0.05) is 12.5 Å². The van der Waals surface area contributed by atoms with Crippen LogP contribution in [-0.2, 0) is 0 Å². The molecule has 1 rings (SSSR count). The monoisotopic (exact) mass is 178 g/mol. The zero-order valence-corrected chi connectivity index (χ0v) is 8.42. The van der Waals surface area contributed by atoms with Gasteiger partial charge in [-0.15, -0.1) is 0 Å². The predicted molar refractivity (Wildman–Crippen MR) is 54.2 cm³/mol. The predicted octanol–water partition coefficient (Wildman–Crippen LogP) is 2.19. The molecule has 0 aromatic carbocycles. The van der Waals surface area contributed by atoms with Gasteiger partial charge < -0.3 is 0 Å². The first kappa shape index (κ1) is 10.3. The molecule has 1 saturated heterocycles. The minimum atomic E-state index is 0.297. The SMILES string of the molecule is C=C(CC)CN1CCC(C#N)CC1. The van der Waals surface area contributed by atoms with Gasteiger partial charge in [-0.25, -0.2) is 0 Å². The topological polar surface area (TPSA) is 27.0 Å². The van der Waals surface area contributed by atoms with E-state index >= 15 is 0 Å². The quantitative estimate of drug-likeness (QED) is 0.619. The van der Waals surface area contributed by atoms with E-state index < -0.39 is 0 Å². The summed E-state index contributed by atoms with van der Waals surface area (Å²) >= 11 is 0. The van der Waals surface area contributed by atoms with E-state index in [9.17, 15) is 0 Å². The number of hydrogen-bond acceptors (Lipinski definition) is 2. The third-order valence-corrected chi connectivity index (χ3v) is 2.72. The molecule has 2 heteroatoms. The fourth-order valence-corrected chi connectivity index (χ4v) is 1.65. The van der Waals surface area contributed by atoms with E-state index in [2.05, 4.69) is 24.5 Å². The summed E-state index contributed by atoms with van der Waals surface area (Å²) in [5, 5.41) is 8.72. The third kappa shape index (κ3) is 3.20. The molecule has 0 aromatic rings. The Morgan fingerprint density at radius 3 is 2.62 bits per heavy atom. The molecule has 0 saturated carbocycles. The second-order valence-electron chi connectivity index (χ2n) is 3.78. The summed E-state index contributed by atoms with van der Waals surface area (Å²) in [7, 11) is 0. The molecule has 0 bridgehead atoms. The van der Waals surface area contributed by atoms with E-state index in [4.69, 9.17) is 5.26 Å². The Bertz CT molecular complexity index is 207. The summed E-state index contributed by atoms with van der Waals surface area (Å²) in [6.07, 6.45) is 3.14. The molecule has 1 aliphatic heterocycles. The molecule has 0 unspecified atom stereocenters. The molecule has 0 radical (unpaired) electrons. The molecule has 1 fully saturated rings. The lowest BCUT2D eigenvalue weighted by atomic mass is 9.98. The van der Waals surface area contributed by atoms with Crippen LogP contribution in [-0.4, -0.2) is 24.5 Å². The Morgan fingerprint density at radius 1 is 1.54 bits per heavy atom. The third-order valence-electron chi connectivity index (χ3n) is 2.72. The Labute approximate surface area is 80.8 Å². The number of piperidine rings is 1. The van der Waals surface area contributed by atoms with Gasteiger partial charge in [0.2, 0.25) is 0 Å². The molecule has 0 N–H and O–H groups in total. The van der Waals surface area contributed by atoms with E-state index in [1.165, 1.54) is 5.57 Å². The van der Waals surface area contributed by atoms with Gasteiger partial charge in [0.1, 0.15) is 0 Å². The van der Waals surface area contributed by atoms with E-state index in [-0.39, 0.29) is 0 Å². The van der Waals surface area contributed by atoms with Crippen LogP contribution in [0.25, 0.3) is 0 Å². The minimum Gasteiger partial charge on any atom is -0.299 e. The highest BCUT2D eigenvalue weighted by Gasteiger charge is 2.18. The van der Waals surface area contributed by atoms with E-state index in [0.29, 0.717) is 5.92 Å². The molecule has 13 heavy (non-hydrogen) atoms. The van der Waals surface area contributed by atoms with Gasteiger partial charge in [-0.05, 0) is 32.4 Å². The van der Waals surface area contributed by atoms with Gasteiger partial charge in [-0.2, -0.15) is 5.26 Å². The van der Waals surface area contributed by atoms with Gasteiger partial charge in [0.15, 0.2) is 0 Å². The summed E-state index contributed by atoms with van der Waals surface area (Å²) in [5.41, 5.74) is 1.30. The Hall–Kier alpha value is -0.810. The Balaban J connectivity index is 2.26. The summed E-state index contributed by atoms with van der Waals surface area (Å²) in [5.74, 6) is 0.297. The van der Waals surface area contributed by atoms with E-state index in [1.54, 1.807) is 0 Å². The summed E-state index contributed by atoms with van der Waals surface area (Å²) < 4.78 is 0. The van der Waals surface area contributed by atoms with Crippen LogP contribution >= 0.6 is 0 Å². The van der Waals surface area contributed by atoms with Crippen molar-refractivity contribution in [2.75, 3.05) is 19.6 Å². The summed E-state index contributed by atoms with van der Waals surface area (Å²) in [6, 6.07) is 2.34. The van der Waals surface area contributed by atoms with Crippen molar-refractivity contribution < 1.29 is 0 Å². The zero-order valence-electron chi connectivity index (χ0n) is 8.42. The maximum absolute atomic E-state index is 8.72. The van der Waals surface area contributed by atoms with Crippen molar-refractivity contribution in [3.05, 3.63) is 12.2 Å². The molecule has 1 aliphatic rings. The van der Waals surface area contributed by atoms with Crippen LogP contribution in [0.15, 0.2) is 12.2 Å². The van der Waals surface area contributed by atoms with Crippen LogP contribution in [0.4, 0.5) is 0 Å². The molecule has 0 aliphatic carbocycles. The molecule has 1 heterocycles. The molecule has 0 aromatic heterocycles. The van der Waals surface area contributed by atoms with Crippen molar-refractivity contribution in [3.8, 4) is 6.07 Å². The van der Waals surface area contributed by atoms with Crippen LogP contribution in [0.5, 0.6) is 0 Å². The normalized spacial score (nSPS) is 19.7. The first-order valence-electron chi connectivity index (χ1n) is 5.05.